The average molecular weight is 394 g/mol. The van der Waals surface area contributed by atoms with Gasteiger partial charge in [0, 0.05) is 0 Å². The van der Waals surface area contributed by atoms with Crippen molar-refractivity contribution in [3.63, 3.8) is 0 Å². The maximum Gasteiger partial charge on any atom is -0.0386 e. The van der Waals surface area contributed by atoms with E-state index < -0.39 is 0 Å². The highest BCUT2D eigenvalue weighted by atomic mass is 14.0. The quantitative estimate of drug-likeness (QED) is 0.135. The Balaban J connectivity index is 2.96. The Morgan fingerprint density at radius 1 is 0.286 bits per heavy atom. The zero-order valence-corrected chi connectivity index (χ0v) is 20.3. The lowest BCUT2D eigenvalue weighted by Crippen LogP contribution is -1.85. The predicted molar refractivity (Wildman–Crippen MR) is 131 cm³/mol. The van der Waals surface area contributed by atoms with Gasteiger partial charge in [-0.25, -0.2) is 0 Å². The SMILES string of the molecule is CCCCCCCCCCC[CH]CCCCCCCCCCCCCCCC. The Morgan fingerprint density at radius 3 is 0.750 bits per heavy atom. The molecular weight excluding hydrogens is 336 g/mol. The van der Waals surface area contributed by atoms with Crippen LogP contribution in [0.4, 0.5) is 0 Å². The minimum atomic E-state index is 1.37. The zero-order valence-electron chi connectivity index (χ0n) is 20.3. The van der Waals surface area contributed by atoms with Crippen molar-refractivity contribution in [1.82, 2.24) is 0 Å². The summed E-state index contributed by atoms with van der Waals surface area (Å²) >= 11 is 0. The highest BCUT2D eigenvalue weighted by Crippen LogP contribution is 2.15. The highest BCUT2D eigenvalue weighted by molar-refractivity contribution is 4.64. The van der Waals surface area contributed by atoms with Crippen molar-refractivity contribution < 1.29 is 0 Å². The maximum atomic E-state index is 2.57. The Labute approximate surface area is 181 Å². The summed E-state index contributed by atoms with van der Waals surface area (Å²) in [6.45, 7) is 4.60. The van der Waals surface area contributed by atoms with Crippen LogP contribution in [0.2, 0.25) is 0 Å². The summed E-state index contributed by atoms with van der Waals surface area (Å²) < 4.78 is 0. The molecule has 0 heteroatoms. The predicted octanol–water partition coefficient (Wildman–Crippen LogP) is 11.0. The van der Waals surface area contributed by atoms with Gasteiger partial charge in [-0.05, 0) is 6.42 Å². The smallest absolute Gasteiger partial charge is 0.0386 e. The number of hydrogen-bond donors (Lipinski definition) is 0. The van der Waals surface area contributed by atoms with E-state index >= 15 is 0 Å². The van der Waals surface area contributed by atoms with Crippen LogP contribution >= 0.6 is 0 Å². The van der Waals surface area contributed by atoms with Crippen LogP contribution < -0.4 is 0 Å². The molecular formula is C28H57. The Bertz CT molecular complexity index is 218. The first-order valence-electron chi connectivity index (χ1n) is 13.7. The molecule has 0 nitrogen and oxygen atoms in total. The van der Waals surface area contributed by atoms with Crippen LogP contribution in [0, 0.1) is 6.42 Å². The summed E-state index contributed by atoms with van der Waals surface area (Å²) in [4.78, 5) is 0. The topological polar surface area (TPSA) is 0 Å². The van der Waals surface area contributed by atoms with E-state index in [1.54, 1.807) is 0 Å². The second-order valence-electron chi connectivity index (χ2n) is 9.29. The molecule has 28 heavy (non-hydrogen) atoms. The molecule has 0 saturated heterocycles. The van der Waals surface area contributed by atoms with E-state index in [4.69, 9.17) is 0 Å². The lowest BCUT2D eigenvalue weighted by atomic mass is 10.0. The molecule has 0 amide bonds. The Kier molecular flexibility index (Phi) is 27.0. The molecule has 0 atom stereocenters. The van der Waals surface area contributed by atoms with Gasteiger partial charge in [0.1, 0.15) is 0 Å². The Morgan fingerprint density at radius 2 is 0.500 bits per heavy atom. The van der Waals surface area contributed by atoms with E-state index in [0.717, 1.165) is 0 Å². The summed E-state index contributed by atoms with van der Waals surface area (Å²) in [6.07, 6.45) is 38.9. The van der Waals surface area contributed by atoms with E-state index in [9.17, 15) is 0 Å². The number of hydrogen-bond acceptors (Lipinski definition) is 0. The molecule has 0 aliphatic rings. The molecule has 0 fully saturated rings. The summed E-state index contributed by atoms with van der Waals surface area (Å²) in [6, 6.07) is 0. The van der Waals surface area contributed by atoms with Crippen molar-refractivity contribution in [2.45, 2.75) is 174 Å². The van der Waals surface area contributed by atoms with Crippen LogP contribution in [0.3, 0.4) is 0 Å². The third kappa shape index (κ3) is 26.0. The van der Waals surface area contributed by atoms with E-state index in [2.05, 4.69) is 20.3 Å². The molecule has 0 unspecified atom stereocenters. The molecule has 1 radical (unpaired) electrons. The summed E-state index contributed by atoms with van der Waals surface area (Å²) in [7, 11) is 0. The fraction of sp³-hybridized carbons (Fsp3) is 0.964. The monoisotopic (exact) mass is 393 g/mol. The second kappa shape index (κ2) is 27.0. The average Bonchev–Trinajstić information content (AvgIpc) is 2.71. The van der Waals surface area contributed by atoms with Crippen molar-refractivity contribution in [2.75, 3.05) is 0 Å². The fourth-order valence-corrected chi connectivity index (χ4v) is 4.23. The molecule has 0 N–H and O–H groups in total. The van der Waals surface area contributed by atoms with Gasteiger partial charge in [-0.15, -0.1) is 0 Å². The number of rotatable bonds is 25. The first kappa shape index (κ1) is 28.0. The van der Waals surface area contributed by atoms with Crippen LogP contribution in [0.5, 0.6) is 0 Å². The van der Waals surface area contributed by atoms with Crippen LogP contribution in [-0.4, -0.2) is 0 Å². The van der Waals surface area contributed by atoms with Crippen molar-refractivity contribution in [1.29, 1.82) is 0 Å². The van der Waals surface area contributed by atoms with Gasteiger partial charge in [-0.1, -0.05) is 174 Å². The summed E-state index contributed by atoms with van der Waals surface area (Å²) in [5.41, 5.74) is 0. The van der Waals surface area contributed by atoms with Gasteiger partial charge >= 0.3 is 0 Å². The van der Waals surface area contributed by atoms with Gasteiger partial charge in [0.25, 0.3) is 0 Å². The molecule has 0 bridgehead atoms. The second-order valence-corrected chi connectivity index (χ2v) is 9.29. The third-order valence-electron chi connectivity index (χ3n) is 6.27. The van der Waals surface area contributed by atoms with Crippen molar-refractivity contribution >= 4 is 0 Å². The molecule has 0 aromatic rings. The molecule has 0 aromatic carbocycles. The highest BCUT2D eigenvalue weighted by Gasteiger charge is 1.96. The molecule has 0 spiro atoms. The summed E-state index contributed by atoms with van der Waals surface area (Å²) in [5, 5.41) is 0. The normalized spacial score (nSPS) is 11.4. The number of unbranched alkanes of at least 4 members (excludes halogenated alkanes) is 25. The molecule has 0 rings (SSSR count). The van der Waals surface area contributed by atoms with Gasteiger partial charge in [-0.3, -0.25) is 0 Å². The van der Waals surface area contributed by atoms with Crippen LogP contribution in [0.1, 0.15) is 174 Å². The molecule has 0 aliphatic carbocycles. The molecule has 0 aliphatic heterocycles. The fourth-order valence-electron chi connectivity index (χ4n) is 4.23. The molecule has 0 heterocycles. The Hall–Kier alpha value is 0. The van der Waals surface area contributed by atoms with E-state index in [1.807, 2.05) is 0 Å². The van der Waals surface area contributed by atoms with Gasteiger partial charge in [0.05, 0.1) is 0 Å². The molecule has 0 saturated carbocycles. The van der Waals surface area contributed by atoms with Gasteiger partial charge in [-0.2, -0.15) is 0 Å². The van der Waals surface area contributed by atoms with Gasteiger partial charge < -0.3 is 0 Å². The lowest BCUT2D eigenvalue weighted by molar-refractivity contribution is 0.533. The first-order chi connectivity index (χ1) is 13.9. The van der Waals surface area contributed by atoms with Crippen molar-refractivity contribution in [3.05, 3.63) is 6.42 Å². The van der Waals surface area contributed by atoms with E-state index in [-0.39, 0.29) is 0 Å². The van der Waals surface area contributed by atoms with Crippen molar-refractivity contribution in [3.8, 4) is 0 Å². The van der Waals surface area contributed by atoms with Gasteiger partial charge in [0.15, 0.2) is 0 Å². The van der Waals surface area contributed by atoms with Crippen LogP contribution in [0.15, 0.2) is 0 Å². The van der Waals surface area contributed by atoms with Crippen LogP contribution in [0.25, 0.3) is 0 Å². The van der Waals surface area contributed by atoms with Crippen molar-refractivity contribution in [2.24, 2.45) is 0 Å². The van der Waals surface area contributed by atoms with E-state index in [1.165, 1.54) is 161 Å². The largest absolute Gasteiger partial charge is 0.0654 e. The minimum absolute atomic E-state index is 1.37. The lowest BCUT2D eigenvalue weighted by Gasteiger charge is -2.04. The minimum Gasteiger partial charge on any atom is -0.0654 e. The molecule has 169 valence electrons. The van der Waals surface area contributed by atoms with E-state index in [0.29, 0.717) is 0 Å². The summed E-state index contributed by atoms with van der Waals surface area (Å²) in [5.74, 6) is 0. The third-order valence-corrected chi connectivity index (χ3v) is 6.27. The zero-order chi connectivity index (χ0) is 20.4. The first-order valence-corrected chi connectivity index (χ1v) is 13.7. The van der Waals surface area contributed by atoms with Gasteiger partial charge in [0.2, 0.25) is 0 Å². The maximum absolute atomic E-state index is 2.57. The molecule has 0 aromatic heterocycles. The van der Waals surface area contributed by atoms with Crippen LogP contribution in [-0.2, 0) is 0 Å². The standard InChI is InChI=1S/C28H57/c1-3-5-7-9-11-13-15-17-19-21-23-25-27-28-26-24-22-20-18-16-14-12-10-8-6-4-2/h23H,3-22,24-28H2,1-2H3.